The number of pyridine rings is 1. The molecule has 1 aromatic carbocycles. The second kappa shape index (κ2) is 5.60. The van der Waals surface area contributed by atoms with Gasteiger partial charge >= 0.3 is 0 Å². The normalized spacial score (nSPS) is 10.1. The number of anilines is 1. The predicted molar refractivity (Wildman–Crippen MR) is 71.3 cm³/mol. The summed E-state index contributed by atoms with van der Waals surface area (Å²) in [4.78, 5) is 4.19. The molecule has 0 atom stereocenters. The van der Waals surface area contributed by atoms with Crippen LogP contribution in [0.5, 0.6) is 17.5 Å². The summed E-state index contributed by atoms with van der Waals surface area (Å²) in [6.07, 6.45) is 0. The van der Waals surface area contributed by atoms with E-state index in [1.54, 1.807) is 36.4 Å². The number of halogens is 1. The second-order valence-electron chi connectivity index (χ2n) is 3.54. The van der Waals surface area contributed by atoms with Gasteiger partial charge in [0, 0.05) is 17.8 Å². The van der Waals surface area contributed by atoms with Crippen LogP contribution in [0.2, 0.25) is 5.02 Å². The van der Waals surface area contributed by atoms with Gasteiger partial charge in [0.25, 0.3) is 0 Å². The number of ether oxygens (including phenoxy) is 2. The van der Waals surface area contributed by atoms with Crippen LogP contribution in [0.15, 0.2) is 36.4 Å². The summed E-state index contributed by atoms with van der Waals surface area (Å²) >= 11 is 6.02. The summed E-state index contributed by atoms with van der Waals surface area (Å²) in [5, 5.41) is 0.443. The summed E-state index contributed by atoms with van der Waals surface area (Å²) in [5.41, 5.74) is 6.20. The SMILES string of the molecule is CCOc1cccc(Oc2ccc(N)cc2Cl)n1. The number of nitrogens with zero attached hydrogens (tertiary/aromatic N) is 1. The highest BCUT2D eigenvalue weighted by Gasteiger charge is 2.05. The quantitative estimate of drug-likeness (QED) is 0.859. The molecule has 94 valence electrons. The van der Waals surface area contributed by atoms with Crippen molar-refractivity contribution in [2.75, 3.05) is 12.3 Å². The molecule has 0 spiro atoms. The van der Waals surface area contributed by atoms with Gasteiger partial charge in [-0.15, -0.1) is 0 Å². The first-order valence-corrected chi connectivity index (χ1v) is 5.89. The fourth-order valence-electron chi connectivity index (χ4n) is 1.39. The zero-order valence-corrected chi connectivity index (χ0v) is 10.6. The van der Waals surface area contributed by atoms with Gasteiger partial charge in [0.15, 0.2) is 0 Å². The smallest absolute Gasteiger partial charge is 0.222 e. The van der Waals surface area contributed by atoms with Crippen molar-refractivity contribution in [3.63, 3.8) is 0 Å². The molecule has 2 rings (SSSR count). The number of nitrogen functional groups attached to an aromatic ring is 1. The second-order valence-corrected chi connectivity index (χ2v) is 3.95. The summed E-state index contributed by atoms with van der Waals surface area (Å²) in [5.74, 6) is 1.45. The molecule has 0 aliphatic heterocycles. The Kier molecular flexibility index (Phi) is 3.89. The van der Waals surface area contributed by atoms with Crippen LogP contribution < -0.4 is 15.2 Å². The highest BCUT2D eigenvalue weighted by molar-refractivity contribution is 6.32. The van der Waals surface area contributed by atoms with Gasteiger partial charge in [-0.25, -0.2) is 0 Å². The third-order valence-electron chi connectivity index (χ3n) is 2.16. The molecule has 0 aliphatic rings. The van der Waals surface area contributed by atoms with Gasteiger partial charge in [-0.05, 0) is 25.1 Å². The minimum Gasteiger partial charge on any atom is -0.478 e. The zero-order chi connectivity index (χ0) is 13.0. The van der Waals surface area contributed by atoms with Crippen molar-refractivity contribution in [2.24, 2.45) is 0 Å². The standard InChI is InChI=1S/C13H13ClN2O2/c1-2-17-12-4-3-5-13(16-12)18-11-7-6-9(15)8-10(11)14/h3-8H,2,15H2,1H3. The molecule has 0 amide bonds. The molecule has 0 unspecified atom stereocenters. The van der Waals surface area contributed by atoms with Crippen LogP contribution in [0.3, 0.4) is 0 Å². The van der Waals surface area contributed by atoms with Crippen molar-refractivity contribution >= 4 is 17.3 Å². The third kappa shape index (κ3) is 3.05. The molecular formula is C13H13ClN2O2. The Bertz CT molecular complexity index is 546. The first-order chi connectivity index (χ1) is 8.69. The Balaban J connectivity index is 2.20. The Morgan fingerprint density at radius 2 is 2.00 bits per heavy atom. The predicted octanol–water partition coefficient (Wildman–Crippen LogP) is 3.51. The first kappa shape index (κ1) is 12.5. The average Bonchev–Trinajstić information content (AvgIpc) is 2.34. The molecule has 0 fully saturated rings. The van der Waals surface area contributed by atoms with Crippen LogP contribution in [0.25, 0.3) is 0 Å². The van der Waals surface area contributed by atoms with E-state index in [0.717, 1.165) is 0 Å². The Labute approximate surface area is 110 Å². The maximum Gasteiger partial charge on any atom is 0.222 e. The van der Waals surface area contributed by atoms with Crippen LogP contribution in [-0.2, 0) is 0 Å². The van der Waals surface area contributed by atoms with Crippen molar-refractivity contribution in [3.8, 4) is 17.5 Å². The molecule has 4 nitrogen and oxygen atoms in total. The molecule has 2 N–H and O–H groups in total. The van der Waals surface area contributed by atoms with Gasteiger partial charge in [-0.3, -0.25) is 0 Å². The topological polar surface area (TPSA) is 57.4 Å². The van der Waals surface area contributed by atoms with Crippen LogP contribution in [0, 0.1) is 0 Å². The molecule has 0 saturated carbocycles. The van der Waals surface area contributed by atoms with Gasteiger partial charge in [-0.2, -0.15) is 4.98 Å². The van der Waals surface area contributed by atoms with E-state index in [1.165, 1.54) is 0 Å². The average molecular weight is 265 g/mol. The van der Waals surface area contributed by atoms with Crippen molar-refractivity contribution in [1.82, 2.24) is 4.98 Å². The van der Waals surface area contributed by atoms with Gasteiger partial charge in [0.2, 0.25) is 11.8 Å². The zero-order valence-electron chi connectivity index (χ0n) is 9.89. The fraction of sp³-hybridized carbons (Fsp3) is 0.154. The van der Waals surface area contributed by atoms with E-state index in [9.17, 15) is 0 Å². The van der Waals surface area contributed by atoms with Crippen LogP contribution >= 0.6 is 11.6 Å². The van der Waals surface area contributed by atoms with E-state index in [0.29, 0.717) is 34.8 Å². The van der Waals surface area contributed by atoms with Gasteiger partial charge < -0.3 is 15.2 Å². The lowest BCUT2D eigenvalue weighted by Crippen LogP contribution is -1.96. The van der Waals surface area contributed by atoms with Crippen LogP contribution in [-0.4, -0.2) is 11.6 Å². The molecule has 0 bridgehead atoms. The lowest BCUT2D eigenvalue weighted by molar-refractivity contribution is 0.321. The number of hydrogen-bond donors (Lipinski definition) is 1. The molecule has 2 aromatic rings. The molecule has 0 radical (unpaired) electrons. The number of rotatable bonds is 4. The Morgan fingerprint density at radius 1 is 1.22 bits per heavy atom. The lowest BCUT2D eigenvalue weighted by Gasteiger charge is -2.08. The molecule has 1 aromatic heterocycles. The monoisotopic (exact) mass is 264 g/mol. The van der Waals surface area contributed by atoms with Gasteiger partial charge in [0.05, 0.1) is 11.6 Å². The van der Waals surface area contributed by atoms with E-state index in [4.69, 9.17) is 26.8 Å². The Hall–Kier alpha value is -1.94. The third-order valence-corrected chi connectivity index (χ3v) is 2.46. The molecule has 18 heavy (non-hydrogen) atoms. The Morgan fingerprint density at radius 3 is 2.72 bits per heavy atom. The van der Waals surface area contributed by atoms with E-state index < -0.39 is 0 Å². The highest BCUT2D eigenvalue weighted by Crippen LogP contribution is 2.30. The number of benzene rings is 1. The van der Waals surface area contributed by atoms with Crippen molar-refractivity contribution < 1.29 is 9.47 Å². The largest absolute Gasteiger partial charge is 0.478 e. The number of nitrogens with two attached hydrogens (primary N) is 1. The molecule has 0 saturated heterocycles. The summed E-state index contributed by atoms with van der Waals surface area (Å²) < 4.78 is 10.9. The summed E-state index contributed by atoms with van der Waals surface area (Å²) in [6, 6.07) is 10.3. The van der Waals surface area contributed by atoms with Crippen molar-refractivity contribution in [1.29, 1.82) is 0 Å². The maximum absolute atomic E-state index is 6.02. The van der Waals surface area contributed by atoms with Gasteiger partial charge in [-0.1, -0.05) is 17.7 Å². The maximum atomic E-state index is 6.02. The van der Waals surface area contributed by atoms with Crippen molar-refractivity contribution in [2.45, 2.75) is 6.92 Å². The molecule has 5 heteroatoms. The minimum absolute atomic E-state index is 0.424. The number of aromatic nitrogens is 1. The van der Waals surface area contributed by atoms with Crippen LogP contribution in [0.4, 0.5) is 5.69 Å². The molecular weight excluding hydrogens is 252 g/mol. The fourth-order valence-corrected chi connectivity index (χ4v) is 1.62. The first-order valence-electron chi connectivity index (χ1n) is 5.52. The van der Waals surface area contributed by atoms with E-state index in [-0.39, 0.29) is 0 Å². The van der Waals surface area contributed by atoms with E-state index in [2.05, 4.69) is 4.98 Å². The number of hydrogen-bond acceptors (Lipinski definition) is 4. The molecule has 0 aliphatic carbocycles. The summed E-state index contributed by atoms with van der Waals surface area (Å²) in [7, 11) is 0. The highest BCUT2D eigenvalue weighted by atomic mass is 35.5. The summed E-state index contributed by atoms with van der Waals surface area (Å²) in [6.45, 7) is 2.45. The minimum atomic E-state index is 0.424. The van der Waals surface area contributed by atoms with Gasteiger partial charge in [0.1, 0.15) is 5.75 Å². The van der Waals surface area contributed by atoms with E-state index in [1.807, 2.05) is 6.92 Å². The van der Waals surface area contributed by atoms with E-state index >= 15 is 0 Å². The van der Waals surface area contributed by atoms with Crippen LogP contribution in [0.1, 0.15) is 6.92 Å². The van der Waals surface area contributed by atoms with Crippen molar-refractivity contribution in [3.05, 3.63) is 41.4 Å². The lowest BCUT2D eigenvalue weighted by atomic mass is 10.3. The molecule has 1 heterocycles.